The normalized spacial score (nSPS) is 22.4. The summed E-state index contributed by atoms with van der Waals surface area (Å²) in [6.45, 7) is 11.7. The molecular formula is C15H22O6. The summed E-state index contributed by atoms with van der Waals surface area (Å²) in [5.74, 6) is -2.00. The van der Waals surface area contributed by atoms with Crippen molar-refractivity contribution >= 4 is 17.9 Å². The fourth-order valence-electron chi connectivity index (χ4n) is 1.71. The molecule has 0 saturated carbocycles. The maximum Gasteiger partial charge on any atom is 0.347 e. The lowest BCUT2D eigenvalue weighted by Crippen LogP contribution is -2.50. The molecule has 1 saturated heterocycles. The van der Waals surface area contributed by atoms with Crippen molar-refractivity contribution in [1.82, 2.24) is 0 Å². The highest BCUT2D eigenvalue weighted by molar-refractivity contribution is 5.85. The Morgan fingerprint density at radius 1 is 1.33 bits per heavy atom. The van der Waals surface area contributed by atoms with Crippen LogP contribution in [0.1, 0.15) is 34.6 Å². The van der Waals surface area contributed by atoms with Crippen LogP contribution < -0.4 is 0 Å². The largest absolute Gasteiger partial charge is 0.462 e. The Balaban J connectivity index is 2.85. The standard InChI is InChI=1S/C15H22O6/c1-7-10(16)21-15(5,6)14(3,4)13(18)20-11-9(2)8-19-12(11)17/h7,9,11H,1,8H2,2-6H3. The van der Waals surface area contributed by atoms with E-state index in [0.29, 0.717) is 0 Å². The van der Waals surface area contributed by atoms with Crippen molar-refractivity contribution in [3.05, 3.63) is 12.7 Å². The van der Waals surface area contributed by atoms with Gasteiger partial charge in [0, 0.05) is 12.0 Å². The van der Waals surface area contributed by atoms with Crippen molar-refractivity contribution in [3.8, 4) is 0 Å². The second-order valence-electron chi connectivity index (χ2n) is 6.19. The first-order chi connectivity index (χ1) is 9.52. The second-order valence-corrected chi connectivity index (χ2v) is 6.19. The molecule has 0 aromatic heterocycles. The van der Waals surface area contributed by atoms with Gasteiger partial charge in [0.05, 0.1) is 6.61 Å². The third-order valence-corrected chi connectivity index (χ3v) is 4.01. The average Bonchev–Trinajstić information content (AvgIpc) is 2.69. The molecule has 1 rings (SSSR count). The molecule has 0 bridgehead atoms. The minimum atomic E-state index is -1.14. The molecule has 0 amide bonds. The third kappa shape index (κ3) is 3.43. The lowest BCUT2D eigenvalue weighted by molar-refractivity contribution is -0.187. The summed E-state index contributed by atoms with van der Waals surface area (Å²) in [6, 6.07) is 0. The van der Waals surface area contributed by atoms with Crippen LogP contribution in [0.4, 0.5) is 0 Å². The van der Waals surface area contributed by atoms with E-state index in [1.165, 1.54) is 0 Å². The van der Waals surface area contributed by atoms with E-state index in [9.17, 15) is 14.4 Å². The molecule has 6 nitrogen and oxygen atoms in total. The Morgan fingerprint density at radius 2 is 1.90 bits per heavy atom. The molecular weight excluding hydrogens is 276 g/mol. The molecule has 1 heterocycles. The lowest BCUT2D eigenvalue weighted by atomic mass is 9.77. The highest BCUT2D eigenvalue weighted by Gasteiger charge is 2.50. The van der Waals surface area contributed by atoms with Crippen LogP contribution in [0, 0.1) is 11.3 Å². The van der Waals surface area contributed by atoms with Crippen molar-refractivity contribution in [1.29, 1.82) is 0 Å². The van der Waals surface area contributed by atoms with Crippen molar-refractivity contribution in [2.24, 2.45) is 11.3 Å². The third-order valence-electron chi connectivity index (χ3n) is 4.01. The van der Waals surface area contributed by atoms with Crippen LogP contribution in [0.5, 0.6) is 0 Å². The Labute approximate surface area is 124 Å². The molecule has 0 aromatic carbocycles. The predicted octanol–water partition coefficient (Wildman–Crippen LogP) is 1.63. The van der Waals surface area contributed by atoms with E-state index in [0.717, 1.165) is 6.08 Å². The average molecular weight is 298 g/mol. The lowest BCUT2D eigenvalue weighted by Gasteiger charge is -2.38. The maximum absolute atomic E-state index is 12.4. The summed E-state index contributed by atoms with van der Waals surface area (Å²) >= 11 is 0. The number of esters is 3. The van der Waals surface area contributed by atoms with Crippen LogP contribution in [-0.2, 0) is 28.6 Å². The maximum atomic E-state index is 12.4. The molecule has 2 unspecified atom stereocenters. The smallest absolute Gasteiger partial charge is 0.347 e. The molecule has 6 heteroatoms. The molecule has 21 heavy (non-hydrogen) atoms. The number of rotatable bonds is 5. The minimum Gasteiger partial charge on any atom is -0.462 e. The monoisotopic (exact) mass is 298 g/mol. The summed E-state index contributed by atoms with van der Waals surface area (Å²) in [4.78, 5) is 35.3. The highest BCUT2D eigenvalue weighted by Crippen LogP contribution is 2.36. The van der Waals surface area contributed by atoms with Gasteiger partial charge in [-0.1, -0.05) is 13.5 Å². The van der Waals surface area contributed by atoms with Crippen LogP contribution in [0.15, 0.2) is 12.7 Å². The molecule has 118 valence electrons. The SMILES string of the molecule is C=CC(=O)OC(C)(C)C(C)(C)C(=O)OC1C(=O)OCC1C. The van der Waals surface area contributed by atoms with E-state index in [2.05, 4.69) is 6.58 Å². The minimum absolute atomic E-state index is 0.198. The Bertz CT molecular complexity index is 463. The molecule has 1 aliphatic heterocycles. The fourth-order valence-corrected chi connectivity index (χ4v) is 1.71. The number of carbonyl (C=O) groups is 3. The summed E-state index contributed by atoms with van der Waals surface area (Å²) in [5, 5.41) is 0. The molecule has 0 N–H and O–H groups in total. The van der Waals surface area contributed by atoms with Gasteiger partial charge >= 0.3 is 17.9 Å². The first-order valence-corrected chi connectivity index (χ1v) is 6.76. The molecule has 0 aromatic rings. The van der Waals surface area contributed by atoms with E-state index < -0.39 is 35.0 Å². The first kappa shape index (κ1) is 17.2. The number of carbonyl (C=O) groups excluding carboxylic acids is 3. The quantitative estimate of drug-likeness (QED) is 0.436. The summed E-state index contributed by atoms with van der Waals surface area (Å²) in [5.41, 5.74) is -2.27. The predicted molar refractivity (Wildman–Crippen MR) is 74.2 cm³/mol. The van der Waals surface area contributed by atoms with E-state index in [-0.39, 0.29) is 12.5 Å². The van der Waals surface area contributed by atoms with Gasteiger partial charge in [-0.05, 0) is 27.7 Å². The van der Waals surface area contributed by atoms with Crippen LogP contribution in [-0.4, -0.2) is 36.2 Å². The summed E-state index contributed by atoms with van der Waals surface area (Å²) in [7, 11) is 0. The van der Waals surface area contributed by atoms with Crippen LogP contribution >= 0.6 is 0 Å². The molecule has 0 aliphatic carbocycles. The van der Waals surface area contributed by atoms with Crippen molar-refractivity contribution in [3.63, 3.8) is 0 Å². The van der Waals surface area contributed by atoms with Crippen molar-refractivity contribution < 1.29 is 28.6 Å². The molecule has 0 spiro atoms. The van der Waals surface area contributed by atoms with Crippen LogP contribution in [0.25, 0.3) is 0 Å². The highest BCUT2D eigenvalue weighted by atomic mass is 16.6. The van der Waals surface area contributed by atoms with E-state index in [1.807, 2.05) is 0 Å². The van der Waals surface area contributed by atoms with Gasteiger partial charge in [0.15, 0.2) is 0 Å². The Morgan fingerprint density at radius 3 is 2.33 bits per heavy atom. The van der Waals surface area contributed by atoms with Gasteiger partial charge in [-0.3, -0.25) is 4.79 Å². The number of cyclic esters (lactones) is 1. The number of hydrogen-bond donors (Lipinski definition) is 0. The van der Waals surface area contributed by atoms with Gasteiger partial charge in [0.1, 0.15) is 11.0 Å². The van der Waals surface area contributed by atoms with E-state index >= 15 is 0 Å². The van der Waals surface area contributed by atoms with Gasteiger partial charge < -0.3 is 14.2 Å². The first-order valence-electron chi connectivity index (χ1n) is 6.76. The number of hydrogen-bond acceptors (Lipinski definition) is 6. The zero-order chi connectivity index (χ0) is 16.4. The van der Waals surface area contributed by atoms with Crippen LogP contribution in [0.3, 0.4) is 0 Å². The molecule has 1 aliphatic rings. The van der Waals surface area contributed by atoms with Gasteiger partial charge in [-0.25, -0.2) is 9.59 Å². The van der Waals surface area contributed by atoms with Gasteiger partial charge in [0.2, 0.25) is 6.10 Å². The van der Waals surface area contributed by atoms with Crippen LogP contribution in [0.2, 0.25) is 0 Å². The zero-order valence-corrected chi connectivity index (χ0v) is 13.1. The number of ether oxygens (including phenoxy) is 3. The zero-order valence-electron chi connectivity index (χ0n) is 13.1. The van der Waals surface area contributed by atoms with Gasteiger partial charge in [-0.2, -0.15) is 0 Å². The Hall–Kier alpha value is -1.85. The molecule has 0 radical (unpaired) electrons. The summed E-state index contributed by atoms with van der Waals surface area (Å²) in [6.07, 6.45) is 0.113. The Kier molecular flexibility index (Phi) is 4.81. The van der Waals surface area contributed by atoms with Gasteiger partial charge in [-0.15, -0.1) is 0 Å². The van der Waals surface area contributed by atoms with E-state index in [4.69, 9.17) is 14.2 Å². The topological polar surface area (TPSA) is 78.9 Å². The second kappa shape index (κ2) is 5.87. The van der Waals surface area contributed by atoms with Gasteiger partial charge in [0.25, 0.3) is 0 Å². The summed E-state index contributed by atoms with van der Waals surface area (Å²) < 4.78 is 15.3. The van der Waals surface area contributed by atoms with Crippen molar-refractivity contribution in [2.75, 3.05) is 6.61 Å². The molecule has 1 fully saturated rings. The van der Waals surface area contributed by atoms with E-state index in [1.54, 1.807) is 34.6 Å². The molecule has 2 atom stereocenters. The fraction of sp³-hybridized carbons (Fsp3) is 0.667. The van der Waals surface area contributed by atoms with Crippen molar-refractivity contribution in [2.45, 2.75) is 46.3 Å².